The number of aromatic nitrogens is 5. The Kier molecular flexibility index (Phi) is 4.83. The molecule has 0 N–H and O–H groups in total. The van der Waals surface area contributed by atoms with Gasteiger partial charge >= 0.3 is 0 Å². The Morgan fingerprint density at radius 2 is 1.70 bits per heavy atom. The van der Waals surface area contributed by atoms with Gasteiger partial charge in [0, 0.05) is 43.0 Å². The van der Waals surface area contributed by atoms with Crippen LogP contribution >= 0.6 is 0 Å². The molecule has 5 nitrogen and oxygen atoms in total. The van der Waals surface area contributed by atoms with Gasteiger partial charge in [0.05, 0.1) is 23.8 Å². The van der Waals surface area contributed by atoms with E-state index in [-0.39, 0.29) is 6.04 Å². The molecular formula is C22H23N5. The molecule has 0 aliphatic heterocycles. The molecule has 1 aromatic carbocycles. The van der Waals surface area contributed by atoms with Gasteiger partial charge in [0.25, 0.3) is 0 Å². The molecule has 0 fully saturated rings. The van der Waals surface area contributed by atoms with Crippen LogP contribution in [-0.4, -0.2) is 24.1 Å². The normalized spacial score (nSPS) is 12.2. The van der Waals surface area contributed by atoms with Crippen LogP contribution in [0.3, 0.4) is 0 Å². The Hall–Kier alpha value is -3.21. The second kappa shape index (κ2) is 7.58. The van der Waals surface area contributed by atoms with E-state index >= 15 is 0 Å². The first-order chi connectivity index (χ1) is 13.3. The largest absolute Gasteiger partial charge is 0.336 e. The lowest BCUT2D eigenvalue weighted by Gasteiger charge is -2.21. The van der Waals surface area contributed by atoms with Crippen LogP contribution in [0.4, 0.5) is 0 Å². The van der Waals surface area contributed by atoms with Crippen LogP contribution in [-0.2, 0) is 7.05 Å². The summed E-state index contributed by atoms with van der Waals surface area (Å²) in [7, 11) is 2.05. The molecule has 0 radical (unpaired) electrons. The summed E-state index contributed by atoms with van der Waals surface area (Å²) in [4.78, 5) is 13.6. The van der Waals surface area contributed by atoms with E-state index in [2.05, 4.69) is 38.2 Å². The Balaban J connectivity index is 1.93. The van der Waals surface area contributed by atoms with Crippen LogP contribution in [0.15, 0.2) is 73.6 Å². The van der Waals surface area contributed by atoms with Crippen molar-refractivity contribution in [1.82, 2.24) is 24.1 Å². The average molecular weight is 357 g/mol. The molecule has 0 unspecified atom stereocenters. The van der Waals surface area contributed by atoms with E-state index in [9.17, 15) is 0 Å². The summed E-state index contributed by atoms with van der Waals surface area (Å²) in [5.41, 5.74) is 4.30. The van der Waals surface area contributed by atoms with Crippen LogP contribution < -0.4 is 0 Å². The second-order valence-electron chi connectivity index (χ2n) is 6.65. The minimum Gasteiger partial charge on any atom is -0.336 e. The third-order valence-corrected chi connectivity index (χ3v) is 4.85. The van der Waals surface area contributed by atoms with E-state index < -0.39 is 0 Å². The molecule has 3 heterocycles. The van der Waals surface area contributed by atoms with Gasteiger partial charge in [-0.15, -0.1) is 0 Å². The fourth-order valence-electron chi connectivity index (χ4n) is 3.56. The van der Waals surface area contributed by atoms with Gasteiger partial charge in [-0.05, 0) is 18.6 Å². The van der Waals surface area contributed by atoms with Gasteiger partial charge in [0.1, 0.15) is 5.82 Å². The molecule has 136 valence electrons. The van der Waals surface area contributed by atoms with Crippen LogP contribution in [0.2, 0.25) is 0 Å². The maximum absolute atomic E-state index is 4.81. The lowest BCUT2D eigenvalue weighted by atomic mass is 10.0. The molecule has 0 aliphatic rings. The number of benzene rings is 1. The fraction of sp³-hybridized carbons (Fsp3) is 0.227. The summed E-state index contributed by atoms with van der Waals surface area (Å²) in [6.07, 6.45) is 11.5. The summed E-state index contributed by atoms with van der Waals surface area (Å²) in [6.45, 7) is 2.21. The number of rotatable bonds is 6. The monoisotopic (exact) mass is 357 g/mol. The van der Waals surface area contributed by atoms with Gasteiger partial charge < -0.3 is 9.13 Å². The highest BCUT2D eigenvalue weighted by Crippen LogP contribution is 2.35. The van der Waals surface area contributed by atoms with Crippen molar-refractivity contribution in [2.24, 2.45) is 7.05 Å². The number of nitrogens with zero attached hydrogens (tertiary/aromatic N) is 5. The number of aryl methyl sites for hydroxylation is 1. The summed E-state index contributed by atoms with van der Waals surface area (Å²) < 4.78 is 4.36. The third kappa shape index (κ3) is 3.28. The lowest BCUT2D eigenvalue weighted by Crippen LogP contribution is -2.15. The zero-order chi connectivity index (χ0) is 18.6. The van der Waals surface area contributed by atoms with Gasteiger partial charge in [0.15, 0.2) is 0 Å². The van der Waals surface area contributed by atoms with Crippen molar-refractivity contribution in [2.45, 2.75) is 25.8 Å². The lowest BCUT2D eigenvalue weighted by molar-refractivity contribution is 0.495. The minimum absolute atomic E-state index is 0.128. The topological polar surface area (TPSA) is 48.5 Å². The molecule has 0 saturated heterocycles. The Labute approximate surface area is 159 Å². The van der Waals surface area contributed by atoms with E-state index in [1.165, 1.54) is 0 Å². The van der Waals surface area contributed by atoms with E-state index in [1.54, 1.807) is 0 Å². The zero-order valence-corrected chi connectivity index (χ0v) is 15.7. The molecule has 27 heavy (non-hydrogen) atoms. The van der Waals surface area contributed by atoms with E-state index in [4.69, 9.17) is 4.98 Å². The van der Waals surface area contributed by atoms with E-state index in [0.29, 0.717) is 0 Å². The van der Waals surface area contributed by atoms with Gasteiger partial charge in [-0.1, -0.05) is 43.7 Å². The minimum atomic E-state index is 0.128. The Bertz CT molecular complexity index is 1000. The van der Waals surface area contributed by atoms with Crippen LogP contribution in [0.5, 0.6) is 0 Å². The molecule has 0 amide bonds. The predicted octanol–water partition coefficient (Wildman–Crippen LogP) is 4.74. The van der Waals surface area contributed by atoms with Crippen LogP contribution in [0.25, 0.3) is 22.5 Å². The Morgan fingerprint density at radius 1 is 0.926 bits per heavy atom. The quantitative estimate of drug-likeness (QED) is 0.501. The first-order valence-corrected chi connectivity index (χ1v) is 9.29. The summed E-state index contributed by atoms with van der Waals surface area (Å²) in [5.74, 6) is 1.05. The SMILES string of the molecule is CCC[C@@H](c1nccn1C)n1cnc(-c2ccccc2)c1-c1ccncc1. The summed E-state index contributed by atoms with van der Waals surface area (Å²) >= 11 is 0. The average Bonchev–Trinajstić information content (AvgIpc) is 3.34. The number of imidazole rings is 2. The van der Waals surface area contributed by atoms with Gasteiger partial charge in [-0.2, -0.15) is 0 Å². The van der Waals surface area contributed by atoms with Crippen molar-refractivity contribution >= 4 is 0 Å². The number of hydrogen-bond acceptors (Lipinski definition) is 3. The molecule has 4 rings (SSSR count). The van der Waals surface area contributed by atoms with Gasteiger partial charge in [-0.25, -0.2) is 9.97 Å². The van der Waals surface area contributed by atoms with Crippen LogP contribution in [0.1, 0.15) is 31.6 Å². The highest BCUT2D eigenvalue weighted by atomic mass is 15.2. The molecule has 0 spiro atoms. The fourth-order valence-corrected chi connectivity index (χ4v) is 3.56. The smallest absolute Gasteiger partial charge is 0.131 e. The van der Waals surface area contributed by atoms with Crippen molar-refractivity contribution in [3.05, 3.63) is 79.4 Å². The molecule has 0 aliphatic carbocycles. The predicted molar refractivity (Wildman–Crippen MR) is 107 cm³/mol. The first kappa shape index (κ1) is 17.2. The molecular weight excluding hydrogens is 334 g/mol. The molecule has 0 bridgehead atoms. The molecule has 5 heteroatoms. The summed E-state index contributed by atoms with van der Waals surface area (Å²) in [6, 6.07) is 14.5. The van der Waals surface area contributed by atoms with E-state index in [0.717, 1.165) is 41.2 Å². The maximum atomic E-state index is 4.81. The van der Waals surface area contributed by atoms with Crippen molar-refractivity contribution in [1.29, 1.82) is 0 Å². The van der Waals surface area contributed by atoms with Crippen molar-refractivity contribution in [3.63, 3.8) is 0 Å². The molecule has 0 saturated carbocycles. The highest BCUT2D eigenvalue weighted by molar-refractivity contribution is 5.78. The van der Waals surface area contributed by atoms with Crippen molar-refractivity contribution in [2.75, 3.05) is 0 Å². The van der Waals surface area contributed by atoms with Crippen molar-refractivity contribution < 1.29 is 0 Å². The standard InChI is InChI=1S/C22H23N5/c1-3-7-19(22-24-14-15-26(22)2)27-16-25-20(17-8-5-4-6-9-17)21(27)18-10-12-23-13-11-18/h4-6,8-16,19H,3,7H2,1-2H3/t19-/m0/s1. The molecule has 4 aromatic rings. The maximum Gasteiger partial charge on any atom is 0.131 e. The van der Waals surface area contributed by atoms with E-state index in [1.807, 2.05) is 68.5 Å². The third-order valence-electron chi connectivity index (χ3n) is 4.85. The number of pyridine rings is 1. The second-order valence-corrected chi connectivity index (χ2v) is 6.65. The number of hydrogen-bond donors (Lipinski definition) is 0. The first-order valence-electron chi connectivity index (χ1n) is 9.29. The molecule has 3 aromatic heterocycles. The highest BCUT2D eigenvalue weighted by Gasteiger charge is 2.23. The Morgan fingerprint density at radius 3 is 2.37 bits per heavy atom. The zero-order valence-electron chi connectivity index (χ0n) is 15.7. The van der Waals surface area contributed by atoms with Gasteiger partial charge in [-0.3, -0.25) is 4.98 Å². The van der Waals surface area contributed by atoms with Crippen LogP contribution in [0, 0.1) is 0 Å². The van der Waals surface area contributed by atoms with Gasteiger partial charge in [0.2, 0.25) is 0 Å². The summed E-state index contributed by atoms with van der Waals surface area (Å²) in [5, 5.41) is 0. The molecule has 1 atom stereocenters. The van der Waals surface area contributed by atoms with Crippen molar-refractivity contribution in [3.8, 4) is 22.5 Å².